The van der Waals surface area contributed by atoms with Gasteiger partial charge in [-0.05, 0) is 19.3 Å². The van der Waals surface area contributed by atoms with Crippen LogP contribution in [0.4, 0.5) is 0 Å². The van der Waals surface area contributed by atoms with Crippen molar-refractivity contribution in [1.29, 1.82) is 0 Å². The van der Waals surface area contributed by atoms with E-state index in [4.69, 9.17) is 0 Å². The zero-order valence-electron chi connectivity index (χ0n) is 7.58. The standard InChI is InChI=1S/C9H16NO2/c1-2-8(11)7-9(12)10-5-3-4-6-10/h8H,2-7H2,1H3. The van der Waals surface area contributed by atoms with Crippen molar-refractivity contribution in [1.82, 2.24) is 4.90 Å². The third-order valence-electron chi connectivity index (χ3n) is 2.32. The lowest BCUT2D eigenvalue weighted by Gasteiger charge is -2.15. The van der Waals surface area contributed by atoms with Gasteiger partial charge in [0.25, 0.3) is 0 Å². The number of carbonyl (C=O) groups is 1. The molecule has 1 radical (unpaired) electrons. The highest BCUT2D eigenvalue weighted by Gasteiger charge is 2.20. The zero-order chi connectivity index (χ0) is 8.97. The molecule has 1 rings (SSSR count). The molecule has 0 bridgehead atoms. The van der Waals surface area contributed by atoms with Gasteiger partial charge in [0, 0.05) is 13.1 Å². The Labute approximate surface area is 73.4 Å². The van der Waals surface area contributed by atoms with Gasteiger partial charge in [-0.25, -0.2) is 5.11 Å². The summed E-state index contributed by atoms with van der Waals surface area (Å²) in [6.45, 7) is 3.54. The molecule has 1 heterocycles. The Bertz CT molecular complexity index is 153. The van der Waals surface area contributed by atoms with Crippen LogP contribution in [0.5, 0.6) is 0 Å². The van der Waals surface area contributed by atoms with Gasteiger partial charge in [-0.3, -0.25) is 4.79 Å². The van der Waals surface area contributed by atoms with Gasteiger partial charge in [-0.15, -0.1) is 0 Å². The molecule has 0 aromatic rings. The van der Waals surface area contributed by atoms with E-state index in [0.29, 0.717) is 6.42 Å². The fourth-order valence-electron chi connectivity index (χ4n) is 1.43. The molecule has 1 aliphatic heterocycles. The van der Waals surface area contributed by atoms with Gasteiger partial charge in [0.2, 0.25) is 5.91 Å². The van der Waals surface area contributed by atoms with Crippen molar-refractivity contribution in [3.8, 4) is 0 Å². The molecule has 1 fully saturated rings. The van der Waals surface area contributed by atoms with E-state index < -0.39 is 6.10 Å². The van der Waals surface area contributed by atoms with Crippen molar-refractivity contribution in [2.75, 3.05) is 13.1 Å². The minimum absolute atomic E-state index is 0.0503. The van der Waals surface area contributed by atoms with Crippen LogP contribution in [0.3, 0.4) is 0 Å². The Morgan fingerprint density at radius 2 is 2.00 bits per heavy atom. The van der Waals surface area contributed by atoms with E-state index in [-0.39, 0.29) is 12.3 Å². The zero-order valence-corrected chi connectivity index (χ0v) is 7.58. The van der Waals surface area contributed by atoms with Gasteiger partial charge < -0.3 is 4.90 Å². The first-order chi connectivity index (χ1) is 5.74. The van der Waals surface area contributed by atoms with Crippen molar-refractivity contribution in [2.24, 2.45) is 0 Å². The summed E-state index contributed by atoms with van der Waals surface area (Å²) in [4.78, 5) is 13.1. The van der Waals surface area contributed by atoms with E-state index in [9.17, 15) is 9.90 Å². The van der Waals surface area contributed by atoms with Crippen LogP contribution in [0.15, 0.2) is 0 Å². The Balaban J connectivity index is 2.27. The lowest BCUT2D eigenvalue weighted by molar-refractivity contribution is -0.133. The van der Waals surface area contributed by atoms with Gasteiger partial charge in [-0.2, -0.15) is 0 Å². The van der Waals surface area contributed by atoms with Gasteiger partial charge in [-0.1, -0.05) is 6.92 Å². The molecule has 1 aliphatic rings. The number of carbonyl (C=O) groups excluding carboxylic acids is 1. The largest absolute Gasteiger partial charge is 0.343 e. The fraction of sp³-hybridized carbons (Fsp3) is 0.889. The minimum Gasteiger partial charge on any atom is -0.343 e. The van der Waals surface area contributed by atoms with Crippen LogP contribution >= 0.6 is 0 Å². The number of nitrogens with zero attached hydrogens (tertiary/aromatic N) is 1. The van der Waals surface area contributed by atoms with Crippen LogP contribution in [-0.4, -0.2) is 30.0 Å². The van der Waals surface area contributed by atoms with Gasteiger partial charge in [0.1, 0.15) is 6.10 Å². The highest BCUT2D eigenvalue weighted by Crippen LogP contribution is 2.10. The molecule has 3 nitrogen and oxygen atoms in total. The second-order valence-corrected chi connectivity index (χ2v) is 3.32. The lowest BCUT2D eigenvalue weighted by atomic mass is 10.2. The first-order valence-electron chi connectivity index (χ1n) is 4.67. The quantitative estimate of drug-likeness (QED) is 0.627. The smallest absolute Gasteiger partial charge is 0.225 e. The number of likely N-dealkylation sites (tertiary alicyclic amines) is 1. The van der Waals surface area contributed by atoms with Crippen LogP contribution in [0.1, 0.15) is 32.6 Å². The minimum atomic E-state index is -0.696. The summed E-state index contributed by atoms with van der Waals surface area (Å²) >= 11 is 0. The Kier molecular flexibility index (Phi) is 3.53. The van der Waals surface area contributed by atoms with Crippen LogP contribution < -0.4 is 0 Å². The monoisotopic (exact) mass is 170 g/mol. The van der Waals surface area contributed by atoms with Gasteiger partial charge in [0.05, 0.1) is 6.42 Å². The summed E-state index contributed by atoms with van der Waals surface area (Å²) in [6.07, 6.45) is 2.25. The normalized spacial score (nSPS) is 19.7. The summed E-state index contributed by atoms with van der Waals surface area (Å²) in [7, 11) is 0. The molecule has 1 saturated heterocycles. The molecule has 3 heteroatoms. The lowest BCUT2D eigenvalue weighted by Crippen LogP contribution is -2.30. The number of amides is 1. The van der Waals surface area contributed by atoms with E-state index in [2.05, 4.69) is 0 Å². The van der Waals surface area contributed by atoms with E-state index in [1.807, 2.05) is 6.92 Å². The number of rotatable bonds is 3. The van der Waals surface area contributed by atoms with Crippen molar-refractivity contribution in [2.45, 2.75) is 38.7 Å². The van der Waals surface area contributed by atoms with Crippen molar-refractivity contribution < 1.29 is 9.90 Å². The molecule has 1 unspecified atom stereocenters. The third-order valence-corrected chi connectivity index (χ3v) is 2.32. The molecular formula is C9H16NO2. The van der Waals surface area contributed by atoms with E-state index >= 15 is 0 Å². The number of hydrogen-bond donors (Lipinski definition) is 0. The van der Waals surface area contributed by atoms with Gasteiger partial charge >= 0.3 is 0 Å². The highest BCUT2D eigenvalue weighted by atomic mass is 16.3. The van der Waals surface area contributed by atoms with Crippen LogP contribution in [0.25, 0.3) is 0 Å². The maximum absolute atomic E-state index is 11.3. The van der Waals surface area contributed by atoms with Crippen molar-refractivity contribution >= 4 is 5.91 Å². The molecular weight excluding hydrogens is 154 g/mol. The van der Waals surface area contributed by atoms with Crippen molar-refractivity contribution in [3.63, 3.8) is 0 Å². The van der Waals surface area contributed by atoms with Gasteiger partial charge in [0.15, 0.2) is 0 Å². The van der Waals surface area contributed by atoms with E-state index in [1.165, 1.54) is 0 Å². The highest BCUT2D eigenvalue weighted by molar-refractivity contribution is 5.76. The summed E-state index contributed by atoms with van der Waals surface area (Å²) in [5.74, 6) is 0.0503. The number of hydrogen-bond acceptors (Lipinski definition) is 1. The second-order valence-electron chi connectivity index (χ2n) is 3.32. The topological polar surface area (TPSA) is 40.2 Å². The average Bonchev–Trinajstić information content (AvgIpc) is 2.56. The Morgan fingerprint density at radius 1 is 1.42 bits per heavy atom. The third kappa shape index (κ3) is 2.48. The summed E-state index contributed by atoms with van der Waals surface area (Å²) < 4.78 is 0. The summed E-state index contributed by atoms with van der Waals surface area (Å²) in [6, 6.07) is 0. The molecule has 12 heavy (non-hydrogen) atoms. The first kappa shape index (κ1) is 9.52. The molecule has 0 aromatic heterocycles. The fourth-order valence-corrected chi connectivity index (χ4v) is 1.43. The van der Waals surface area contributed by atoms with E-state index in [0.717, 1.165) is 25.9 Å². The molecule has 1 atom stereocenters. The predicted molar refractivity (Wildman–Crippen MR) is 45.2 cm³/mol. The summed E-state index contributed by atoms with van der Waals surface area (Å²) in [5.41, 5.74) is 0. The van der Waals surface area contributed by atoms with E-state index in [1.54, 1.807) is 4.90 Å². The second kappa shape index (κ2) is 4.45. The van der Waals surface area contributed by atoms with Crippen LogP contribution in [-0.2, 0) is 9.90 Å². The average molecular weight is 170 g/mol. The SMILES string of the molecule is CCC([O])CC(=O)N1CCCC1. The molecule has 0 N–H and O–H groups in total. The molecule has 0 saturated carbocycles. The van der Waals surface area contributed by atoms with Crippen molar-refractivity contribution in [3.05, 3.63) is 0 Å². The summed E-state index contributed by atoms with van der Waals surface area (Å²) in [5, 5.41) is 11.0. The maximum atomic E-state index is 11.3. The Morgan fingerprint density at radius 3 is 2.50 bits per heavy atom. The first-order valence-corrected chi connectivity index (χ1v) is 4.67. The van der Waals surface area contributed by atoms with Crippen LogP contribution in [0, 0.1) is 0 Å². The molecule has 0 spiro atoms. The molecule has 0 aliphatic carbocycles. The molecule has 1 amide bonds. The molecule has 0 aromatic carbocycles. The Hall–Kier alpha value is -0.570. The maximum Gasteiger partial charge on any atom is 0.225 e. The predicted octanol–water partition coefficient (Wildman–Crippen LogP) is 1.21. The molecule has 69 valence electrons. The van der Waals surface area contributed by atoms with Crippen LogP contribution in [0.2, 0.25) is 0 Å².